The lowest BCUT2D eigenvalue weighted by molar-refractivity contribution is 0.533. The first-order valence-electron chi connectivity index (χ1n) is 6.80. The summed E-state index contributed by atoms with van der Waals surface area (Å²) >= 11 is 5.05. The highest BCUT2D eigenvalue weighted by atomic mass is 32.2. The van der Waals surface area contributed by atoms with Gasteiger partial charge in [0, 0.05) is 38.8 Å². The number of nitrogens with one attached hydrogen (secondary N) is 4. The third-order valence-corrected chi connectivity index (χ3v) is 5.02. The van der Waals surface area contributed by atoms with Crippen molar-refractivity contribution in [2.24, 2.45) is 0 Å². The van der Waals surface area contributed by atoms with Crippen LogP contribution in [0.5, 0.6) is 0 Å². The quantitative estimate of drug-likeness (QED) is 0.246. The predicted octanol–water partition coefficient (Wildman–Crippen LogP) is -0.997. The highest BCUT2D eigenvalue weighted by Crippen LogP contribution is 2.10. The van der Waals surface area contributed by atoms with E-state index in [1.54, 1.807) is 6.08 Å². The lowest BCUT2D eigenvalue weighted by Gasteiger charge is -2.12. The second-order valence-electron chi connectivity index (χ2n) is 4.73. The molecule has 1 heterocycles. The average Bonchev–Trinajstić information content (AvgIpc) is 2.74. The Kier molecular flexibility index (Phi) is 8.05. The van der Waals surface area contributed by atoms with E-state index in [2.05, 4.69) is 27.8 Å². The third kappa shape index (κ3) is 7.78. The maximum absolute atomic E-state index is 11.3. The molecule has 1 rings (SSSR count). The zero-order valence-corrected chi connectivity index (χ0v) is 13.3. The number of thiocarbonyl (C=S) groups is 1. The van der Waals surface area contributed by atoms with Gasteiger partial charge in [0.15, 0.2) is 14.9 Å². The van der Waals surface area contributed by atoms with E-state index in [4.69, 9.17) is 12.2 Å². The standard InChI is InChI=1S/C12H24N4O2S2/c1-2-4-15-12(19)16-8-6-13-5-7-14-11-3-9-20(17,18)10-11/h2,11,13-14H,1,3-10H2,(H2,15,16,19). The normalized spacial score (nSPS) is 20.5. The lowest BCUT2D eigenvalue weighted by atomic mass is 10.3. The minimum Gasteiger partial charge on any atom is -0.361 e. The van der Waals surface area contributed by atoms with Gasteiger partial charge in [0.05, 0.1) is 11.5 Å². The van der Waals surface area contributed by atoms with Crippen LogP contribution in [0, 0.1) is 0 Å². The number of sulfone groups is 1. The summed E-state index contributed by atoms with van der Waals surface area (Å²) in [4.78, 5) is 0. The molecule has 6 nitrogen and oxygen atoms in total. The van der Waals surface area contributed by atoms with Gasteiger partial charge in [0.1, 0.15) is 0 Å². The van der Waals surface area contributed by atoms with Crippen LogP contribution in [0.1, 0.15) is 6.42 Å². The van der Waals surface area contributed by atoms with Gasteiger partial charge in [-0.25, -0.2) is 8.42 Å². The zero-order chi connectivity index (χ0) is 14.8. The van der Waals surface area contributed by atoms with E-state index in [0.717, 1.165) is 32.6 Å². The Labute approximate surface area is 126 Å². The number of rotatable bonds is 9. The van der Waals surface area contributed by atoms with Crippen LogP contribution in [0.4, 0.5) is 0 Å². The van der Waals surface area contributed by atoms with Gasteiger partial charge in [-0.3, -0.25) is 0 Å². The Hall–Kier alpha value is -0.700. The average molecular weight is 320 g/mol. The Bertz CT molecular complexity index is 412. The Morgan fingerprint density at radius 2 is 2.00 bits per heavy atom. The Balaban J connectivity index is 1.90. The van der Waals surface area contributed by atoms with Gasteiger partial charge in [-0.05, 0) is 18.6 Å². The van der Waals surface area contributed by atoms with E-state index in [9.17, 15) is 8.42 Å². The second-order valence-corrected chi connectivity index (χ2v) is 7.37. The van der Waals surface area contributed by atoms with Gasteiger partial charge in [0.2, 0.25) is 0 Å². The predicted molar refractivity (Wildman–Crippen MR) is 86.7 cm³/mol. The molecule has 4 N–H and O–H groups in total. The highest BCUT2D eigenvalue weighted by molar-refractivity contribution is 7.91. The van der Waals surface area contributed by atoms with Gasteiger partial charge in [0.25, 0.3) is 0 Å². The van der Waals surface area contributed by atoms with Crippen molar-refractivity contribution in [1.82, 2.24) is 21.3 Å². The first-order chi connectivity index (χ1) is 9.53. The molecule has 0 bridgehead atoms. The molecule has 20 heavy (non-hydrogen) atoms. The fourth-order valence-corrected chi connectivity index (χ4v) is 3.83. The van der Waals surface area contributed by atoms with Crippen molar-refractivity contribution >= 4 is 27.2 Å². The van der Waals surface area contributed by atoms with Crippen LogP contribution in [0.15, 0.2) is 12.7 Å². The molecule has 0 aliphatic carbocycles. The zero-order valence-electron chi connectivity index (χ0n) is 11.7. The first-order valence-corrected chi connectivity index (χ1v) is 9.03. The van der Waals surface area contributed by atoms with Gasteiger partial charge in [-0.15, -0.1) is 6.58 Å². The maximum Gasteiger partial charge on any atom is 0.166 e. The molecular weight excluding hydrogens is 296 g/mol. The topological polar surface area (TPSA) is 82.3 Å². The molecule has 0 spiro atoms. The van der Waals surface area contributed by atoms with Crippen molar-refractivity contribution in [2.45, 2.75) is 12.5 Å². The molecule has 1 atom stereocenters. The fourth-order valence-electron chi connectivity index (χ4n) is 1.94. The molecule has 1 aliphatic rings. The van der Waals surface area contributed by atoms with Crippen LogP contribution in [-0.2, 0) is 9.84 Å². The van der Waals surface area contributed by atoms with Crippen LogP contribution in [0.25, 0.3) is 0 Å². The SMILES string of the molecule is C=CCNC(=S)NCCNCCNC1CCS(=O)(=O)C1. The van der Waals surface area contributed by atoms with Crippen molar-refractivity contribution in [2.75, 3.05) is 44.2 Å². The van der Waals surface area contributed by atoms with E-state index in [1.807, 2.05) is 0 Å². The van der Waals surface area contributed by atoms with E-state index in [-0.39, 0.29) is 11.8 Å². The summed E-state index contributed by atoms with van der Waals surface area (Å²) in [6, 6.07) is 0.121. The van der Waals surface area contributed by atoms with Crippen molar-refractivity contribution in [3.05, 3.63) is 12.7 Å². The molecule has 1 aliphatic heterocycles. The molecule has 8 heteroatoms. The smallest absolute Gasteiger partial charge is 0.166 e. The maximum atomic E-state index is 11.3. The number of hydrogen-bond donors (Lipinski definition) is 4. The summed E-state index contributed by atoms with van der Waals surface area (Å²) in [5, 5.41) is 13.2. The summed E-state index contributed by atoms with van der Waals surface area (Å²) in [5.41, 5.74) is 0. The largest absolute Gasteiger partial charge is 0.361 e. The van der Waals surface area contributed by atoms with Gasteiger partial charge in [-0.1, -0.05) is 6.08 Å². The summed E-state index contributed by atoms with van der Waals surface area (Å²) in [7, 11) is -2.79. The summed E-state index contributed by atoms with van der Waals surface area (Å²) in [6.45, 7) is 7.40. The molecule has 0 aromatic heterocycles. The van der Waals surface area contributed by atoms with E-state index in [0.29, 0.717) is 17.4 Å². The van der Waals surface area contributed by atoms with Crippen LogP contribution in [-0.4, -0.2) is 63.8 Å². The van der Waals surface area contributed by atoms with Crippen molar-refractivity contribution in [3.63, 3.8) is 0 Å². The van der Waals surface area contributed by atoms with E-state index in [1.165, 1.54) is 0 Å². The minimum atomic E-state index is -2.79. The van der Waals surface area contributed by atoms with Crippen LogP contribution in [0.2, 0.25) is 0 Å². The molecule has 0 amide bonds. The fraction of sp³-hybridized carbons (Fsp3) is 0.750. The number of hydrogen-bond acceptors (Lipinski definition) is 5. The molecule has 0 aromatic carbocycles. The van der Waals surface area contributed by atoms with Crippen molar-refractivity contribution in [3.8, 4) is 0 Å². The van der Waals surface area contributed by atoms with Crippen LogP contribution in [0.3, 0.4) is 0 Å². The Morgan fingerprint density at radius 3 is 2.65 bits per heavy atom. The molecule has 1 unspecified atom stereocenters. The van der Waals surface area contributed by atoms with Gasteiger partial charge < -0.3 is 21.3 Å². The second kappa shape index (κ2) is 9.28. The molecule has 0 saturated carbocycles. The lowest BCUT2D eigenvalue weighted by Crippen LogP contribution is -2.41. The van der Waals surface area contributed by atoms with Crippen molar-refractivity contribution in [1.29, 1.82) is 0 Å². The van der Waals surface area contributed by atoms with Crippen LogP contribution >= 0.6 is 12.2 Å². The Morgan fingerprint density at radius 1 is 1.25 bits per heavy atom. The monoisotopic (exact) mass is 320 g/mol. The molecule has 0 radical (unpaired) electrons. The van der Waals surface area contributed by atoms with Gasteiger partial charge >= 0.3 is 0 Å². The third-order valence-electron chi connectivity index (χ3n) is 2.96. The van der Waals surface area contributed by atoms with E-state index >= 15 is 0 Å². The minimum absolute atomic E-state index is 0.121. The molecule has 1 fully saturated rings. The molecular formula is C12H24N4O2S2. The van der Waals surface area contributed by atoms with E-state index < -0.39 is 9.84 Å². The van der Waals surface area contributed by atoms with Gasteiger partial charge in [-0.2, -0.15) is 0 Å². The molecule has 0 aromatic rings. The molecule has 1 saturated heterocycles. The summed E-state index contributed by atoms with van der Waals surface area (Å²) in [5.74, 6) is 0.592. The highest BCUT2D eigenvalue weighted by Gasteiger charge is 2.26. The first kappa shape index (κ1) is 17.4. The summed E-state index contributed by atoms with van der Waals surface area (Å²) < 4.78 is 22.5. The molecule has 116 valence electrons. The van der Waals surface area contributed by atoms with Crippen LogP contribution < -0.4 is 21.3 Å². The van der Waals surface area contributed by atoms with Crippen molar-refractivity contribution < 1.29 is 8.42 Å². The summed E-state index contributed by atoms with van der Waals surface area (Å²) in [6.07, 6.45) is 2.48.